The quantitative estimate of drug-likeness (QED) is 0.479. The second kappa shape index (κ2) is 8.75. The van der Waals surface area contributed by atoms with Crippen molar-refractivity contribution in [1.29, 1.82) is 0 Å². The van der Waals surface area contributed by atoms with Gasteiger partial charge in [-0.25, -0.2) is 8.42 Å². The van der Waals surface area contributed by atoms with Crippen LogP contribution in [0.15, 0.2) is 0 Å². The van der Waals surface area contributed by atoms with E-state index < -0.39 is 9.84 Å². The lowest BCUT2D eigenvalue weighted by Gasteiger charge is -2.04. The highest BCUT2D eigenvalue weighted by molar-refractivity contribution is 7.91. The Morgan fingerprint density at radius 1 is 1.20 bits per heavy atom. The van der Waals surface area contributed by atoms with Gasteiger partial charge in [0.25, 0.3) is 0 Å². The maximum Gasteiger partial charge on any atom is 0.151 e. The molecule has 0 rings (SSSR count). The number of terminal acetylenes is 1. The topological polar surface area (TPSA) is 46.2 Å². The van der Waals surface area contributed by atoms with Crippen LogP contribution >= 0.6 is 0 Å². The first-order valence-electron chi connectivity index (χ1n) is 5.47. The standard InChI is InChI=1S/C11H21NO2S/c1-3-5-6-7-8-12-9-11-15(13,14)10-4-2/h1,12H,4-11H2,2H3. The van der Waals surface area contributed by atoms with Crippen LogP contribution in [0.2, 0.25) is 0 Å². The lowest BCUT2D eigenvalue weighted by Crippen LogP contribution is -2.25. The van der Waals surface area contributed by atoms with Gasteiger partial charge in [0.05, 0.1) is 5.75 Å². The molecule has 0 atom stereocenters. The van der Waals surface area contributed by atoms with Gasteiger partial charge in [-0.05, 0) is 25.8 Å². The maximum absolute atomic E-state index is 11.3. The van der Waals surface area contributed by atoms with Crippen LogP contribution in [-0.2, 0) is 9.84 Å². The predicted octanol–water partition coefficient (Wildman–Crippen LogP) is 1.20. The Morgan fingerprint density at radius 3 is 2.53 bits per heavy atom. The van der Waals surface area contributed by atoms with Gasteiger partial charge in [0.1, 0.15) is 0 Å². The van der Waals surface area contributed by atoms with Crippen molar-refractivity contribution >= 4 is 9.84 Å². The summed E-state index contributed by atoms with van der Waals surface area (Å²) in [6, 6.07) is 0. The summed E-state index contributed by atoms with van der Waals surface area (Å²) in [5.41, 5.74) is 0. The molecule has 0 aliphatic rings. The lowest BCUT2D eigenvalue weighted by molar-refractivity contribution is 0.586. The van der Waals surface area contributed by atoms with Crippen molar-refractivity contribution in [3.8, 4) is 12.3 Å². The minimum Gasteiger partial charge on any atom is -0.316 e. The Morgan fingerprint density at radius 2 is 1.93 bits per heavy atom. The molecular weight excluding hydrogens is 210 g/mol. The molecule has 0 unspecified atom stereocenters. The minimum atomic E-state index is -2.82. The summed E-state index contributed by atoms with van der Waals surface area (Å²) >= 11 is 0. The minimum absolute atomic E-state index is 0.246. The lowest BCUT2D eigenvalue weighted by atomic mass is 10.2. The predicted molar refractivity (Wildman–Crippen MR) is 64.5 cm³/mol. The van der Waals surface area contributed by atoms with Gasteiger partial charge in [-0.15, -0.1) is 12.3 Å². The molecule has 0 radical (unpaired) electrons. The molecule has 0 aromatic heterocycles. The molecule has 0 spiro atoms. The van der Waals surface area contributed by atoms with Gasteiger partial charge in [-0.2, -0.15) is 0 Å². The van der Waals surface area contributed by atoms with Crippen LogP contribution < -0.4 is 5.32 Å². The average Bonchev–Trinajstić information content (AvgIpc) is 2.16. The van der Waals surface area contributed by atoms with Crippen LogP contribution in [0.1, 0.15) is 32.6 Å². The molecule has 0 aliphatic carbocycles. The van der Waals surface area contributed by atoms with Crippen LogP contribution in [-0.4, -0.2) is 33.0 Å². The van der Waals surface area contributed by atoms with E-state index in [0.29, 0.717) is 18.7 Å². The summed E-state index contributed by atoms with van der Waals surface area (Å²) in [6.07, 6.45) is 8.63. The number of nitrogens with one attached hydrogen (secondary N) is 1. The second-order valence-electron chi connectivity index (χ2n) is 3.56. The van der Waals surface area contributed by atoms with Crippen molar-refractivity contribution in [1.82, 2.24) is 5.32 Å². The van der Waals surface area contributed by atoms with Crippen LogP contribution in [0.3, 0.4) is 0 Å². The molecule has 4 heteroatoms. The molecule has 0 saturated heterocycles. The van der Waals surface area contributed by atoms with Gasteiger partial charge in [-0.3, -0.25) is 0 Å². The highest BCUT2D eigenvalue weighted by atomic mass is 32.2. The molecule has 88 valence electrons. The van der Waals surface area contributed by atoms with E-state index in [1.54, 1.807) is 0 Å². The van der Waals surface area contributed by atoms with Crippen LogP contribution in [0.25, 0.3) is 0 Å². The molecule has 3 nitrogen and oxygen atoms in total. The Labute approximate surface area is 93.6 Å². The van der Waals surface area contributed by atoms with Crippen LogP contribution in [0.4, 0.5) is 0 Å². The van der Waals surface area contributed by atoms with Gasteiger partial charge in [0.2, 0.25) is 0 Å². The fourth-order valence-electron chi connectivity index (χ4n) is 1.24. The molecule has 0 aromatic carbocycles. The summed E-state index contributed by atoms with van der Waals surface area (Å²) in [5, 5.41) is 3.11. The van der Waals surface area contributed by atoms with Crippen molar-refractivity contribution in [3.05, 3.63) is 0 Å². The first-order valence-corrected chi connectivity index (χ1v) is 7.29. The molecule has 15 heavy (non-hydrogen) atoms. The van der Waals surface area contributed by atoms with E-state index in [-0.39, 0.29) is 5.75 Å². The summed E-state index contributed by atoms with van der Waals surface area (Å²) in [5.74, 6) is 3.12. The molecule has 0 saturated carbocycles. The van der Waals surface area contributed by atoms with E-state index in [4.69, 9.17) is 6.42 Å². The monoisotopic (exact) mass is 231 g/mol. The molecule has 0 heterocycles. The average molecular weight is 231 g/mol. The number of hydrogen-bond donors (Lipinski definition) is 1. The zero-order valence-corrected chi connectivity index (χ0v) is 10.3. The molecule has 0 amide bonds. The highest BCUT2D eigenvalue weighted by Crippen LogP contribution is 1.93. The summed E-state index contributed by atoms with van der Waals surface area (Å²) < 4.78 is 22.6. The number of hydrogen-bond acceptors (Lipinski definition) is 3. The van der Waals surface area contributed by atoms with Crippen molar-refractivity contribution < 1.29 is 8.42 Å². The molecule has 1 N–H and O–H groups in total. The molecular formula is C11H21NO2S. The number of unbranched alkanes of at least 4 members (excludes halogenated alkanes) is 2. The smallest absolute Gasteiger partial charge is 0.151 e. The van der Waals surface area contributed by atoms with Gasteiger partial charge < -0.3 is 5.32 Å². The Kier molecular flexibility index (Phi) is 8.44. The van der Waals surface area contributed by atoms with E-state index in [1.807, 2.05) is 6.92 Å². The second-order valence-corrected chi connectivity index (χ2v) is 5.87. The van der Waals surface area contributed by atoms with Gasteiger partial charge in [-0.1, -0.05) is 6.92 Å². The van der Waals surface area contributed by atoms with E-state index in [0.717, 1.165) is 25.8 Å². The van der Waals surface area contributed by atoms with Crippen LogP contribution in [0, 0.1) is 12.3 Å². The zero-order valence-electron chi connectivity index (χ0n) is 9.46. The van der Waals surface area contributed by atoms with Gasteiger partial charge >= 0.3 is 0 Å². The Bertz CT molecular complexity index is 277. The van der Waals surface area contributed by atoms with Gasteiger partial charge in [0, 0.05) is 18.7 Å². The SMILES string of the molecule is C#CCCCCNCCS(=O)(=O)CCC. The van der Waals surface area contributed by atoms with Crippen LogP contribution in [0.5, 0.6) is 0 Å². The molecule has 0 fully saturated rings. The third kappa shape index (κ3) is 9.77. The summed E-state index contributed by atoms with van der Waals surface area (Å²) in [7, 11) is -2.82. The van der Waals surface area contributed by atoms with Gasteiger partial charge in [0.15, 0.2) is 9.84 Å². The Balaban J connectivity index is 3.35. The summed E-state index contributed by atoms with van der Waals surface area (Å²) in [6.45, 7) is 3.28. The van der Waals surface area contributed by atoms with Crippen molar-refractivity contribution in [3.63, 3.8) is 0 Å². The van der Waals surface area contributed by atoms with Crippen molar-refractivity contribution in [2.24, 2.45) is 0 Å². The fraction of sp³-hybridized carbons (Fsp3) is 0.818. The third-order valence-electron chi connectivity index (χ3n) is 2.03. The number of rotatable bonds is 9. The zero-order chi connectivity index (χ0) is 11.6. The summed E-state index contributed by atoms with van der Waals surface area (Å²) in [4.78, 5) is 0. The number of sulfone groups is 1. The maximum atomic E-state index is 11.3. The van der Waals surface area contributed by atoms with Crippen molar-refractivity contribution in [2.75, 3.05) is 24.6 Å². The first kappa shape index (κ1) is 14.5. The normalized spacial score (nSPS) is 11.2. The highest BCUT2D eigenvalue weighted by Gasteiger charge is 2.07. The molecule has 0 bridgehead atoms. The van der Waals surface area contributed by atoms with E-state index in [2.05, 4.69) is 11.2 Å². The van der Waals surface area contributed by atoms with E-state index in [9.17, 15) is 8.42 Å². The van der Waals surface area contributed by atoms with E-state index in [1.165, 1.54) is 0 Å². The molecule has 0 aromatic rings. The van der Waals surface area contributed by atoms with Crippen molar-refractivity contribution in [2.45, 2.75) is 32.6 Å². The Hall–Kier alpha value is -0.530. The molecule has 0 aliphatic heterocycles. The largest absolute Gasteiger partial charge is 0.316 e. The first-order chi connectivity index (χ1) is 7.12. The fourth-order valence-corrected chi connectivity index (χ4v) is 2.52. The third-order valence-corrected chi connectivity index (χ3v) is 3.89. The van der Waals surface area contributed by atoms with E-state index >= 15 is 0 Å².